The molecule has 9 heteroatoms. The van der Waals surface area contributed by atoms with E-state index >= 15 is 0 Å². The maximum Gasteiger partial charge on any atom is 0.338 e. The molecular formula is C36H30BrNO7. The second kappa shape index (κ2) is 13.0. The van der Waals surface area contributed by atoms with Gasteiger partial charge in [0.2, 0.25) is 5.76 Å². The molecule has 228 valence electrons. The minimum Gasteiger partial charge on any atom is -0.493 e. The number of nitrogens with zero attached hydrogens (tertiary/aromatic N) is 1. The Morgan fingerprint density at radius 1 is 0.933 bits per heavy atom. The number of benzene rings is 4. The molecule has 1 atom stereocenters. The van der Waals surface area contributed by atoms with Crippen molar-refractivity contribution >= 4 is 44.5 Å². The highest BCUT2D eigenvalue weighted by Gasteiger charge is 2.44. The zero-order valence-electron chi connectivity index (χ0n) is 24.7. The molecule has 45 heavy (non-hydrogen) atoms. The molecule has 0 fully saturated rings. The van der Waals surface area contributed by atoms with Crippen LogP contribution in [0.15, 0.2) is 105 Å². The molecule has 8 nitrogen and oxygen atoms in total. The summed E-state index contributed by atoms with van der Waals surface area (Å²) in [4.78, 5) is 42.2. The van der Waals surface area contributed by atoms with E-state index in [0.29, 0.717) is 57.0 Å². The second-order valence-electron chi connectivity index (χ2n) is 10.6. The predicted molar refractivity (Wildman–Crippen MR) is 174 cm³/mol. The number of fused-ring (bicyclic) bond motifs is 2. The van der Waals surface area contributed by atoms with E-state index in [1.165, 1.54) is 12.0 Å². The van der Waals surface area contributed by atoms with Crippen LogP contribution in [-0.4, -0.2) is 25.6 Å². The molecule has 1 aliphatic rings. The van der Waals surface area contributed by atoms with Crippen molar-refractivity contribution in [3.63, 3.8) is 0 Å². The van der Waals surface area contributed by atoms with E-state index in [2.05, 4.69) is 15.9 Å². The van der Waals surface area contributed by atoms with Crippen LogP contribution >= 0.6 is 15.9 Å². The Kier molecular flexibility index (Phi) is 8.71. The molecule has 0 radical (unpaired) electrons. The van der Waals surface area contributed by atoms with Crippen molar-refractivity contribution in [1.29, 1.82) is 0 Å². The minimum absolute atomic E-state index is 0.0359. The molecule has 0 aliphatic carbocycles. The Balaban J connectivity index is 1.43. The van der Waals surface area contributed by atoms with Crippen molar-refractivity contribution in [2.24, 2.45) is 0 Å². The highest BCUT2D eigenvalue weighted by molar-refractivity contribution is 9.10. The van der Waals surface area contributed by atoms with Crippen LogP contribution < -0.4 is 19.8 Å². The largest absolute Gasteiger partial charge is 0.493 e. The molecule has 0 spiro atoms. The highest BCUT2D eigenvalue weighted by Crippen LogP contribution is 2.43. The van der Waals surface area contributed by atoms with E-state index in [1.807, 2.05) is 43.3 Å². The number of carbonyl (C=O) groups is 2. The van der Waals surface area contributed by atoms with Crippen molar-refractivity contribution in [2.75, 3.05) is 18.6 Å². The fraction of sp³-hybridized carbons (Fsp3) is 0.194. The van der Waals surface area contributed by atoms with Gasteiger partial charge >= 0.3 is 5.97 Å². The molecule has 1 aliphatic heterocycles. The molecule has 6 rings (SSSR count). The fourth-order valence-electron chi connectivity index (χ4n) is 5.39. The maximum atomic E-state index is 14.1. The van der Waals surface area contributed by atoms with Gasteiger partial charge in [0, 0.05) is 10.2 Å². The Bertz CT molecular complexity index is 1940. The lowest BCUT2D eigenvalue weighted by Crippen LogP contribution is -2.29. The summed E-state index contributed by atoms with van der Waals surface area (Å²) in [5.41, 5.74) is 2.68. The average Bonchev–Trinajstić information content (AvgIpc) is 3.36. The van der Waals surface area contributed by atoms with E-state index in [0.717, 1.165) is 18.4 Å². The van der Waals surface area contributed by atoms with Crippen molar-refractivity contribution < 1.29 is 28.2 Å². The molecule has 1 aromatic heterocycles. The van der Waals surface area contributed by atoms with Crippen LogP contribution in [0, 0.1) is 0 Å². The number of methoxy groups -OCH3 is 1. The lowest BCUT2D eigenvalue weighted by molar-refractivity contribution is 0.0499. The number of rotatable bonds is 10. The van der Waals surface area contributed by atoms with Crippen LogP contribution in [0.2, 0.25) is 0 Å². The minimum atomic E-state index is -0.841. The third-order valence-corrected chi connectivity index (χ3v) is 8.18. The smallest absolute Gasteiger partial charge is 0.338 e. The van der Waals surface area contributed by atoms with E-state index in [9.17, 15) is 14.4 Å². The van der Waals surface area contributed by atoms with Crippen molar-refractivity contribution in [2.45, 2.75) is 32.4 Å². The molecule has 1 amide bonds. The first-order valence-electron chi connectivity index (χ1n) is 14.6. The summed E-state index contributed by atoms with van der Waals surface area (Å²) >= 11 is 3.44. The molecule has 1 unspecified atom stereocenters. The summed E-state index contributed by atoms with van der Waals surface area (Å²) in [6.45, 7) is 2.70. The fourth-order valence-corrected chi connectivity index (χ4v) is 5.75. The number of ether oxygens (including phenoxy) is 3. The summed E-state index contributed by atoms with van der Waals surface area (Å²) in [5, 5.41) is 0.350. The average molecular weight is 669 g/mol. The topological polar surface area (TPSA) is 95.3 Å². The van der Waals surface area contributed by atoms with Crippen LogP contribution in [-0.2, 0) is 11.3 Å². The molecule has 4 aromatic carbocycles. The number of carbonyl (C=O) groups excluding carboxylic acids is 2. The van der Waals surface area contributed by atoms with Crippen LogP contribution in [0.5, 0.6) is 11.5 Å². The van der Waals surface area contributed by atoms with Crippen LogP contribution in [0.3, 0.4) is 0 Å². The quantitative estimate of drug-likeness (QED) is 0.111. The van der Waals surface area contributed by atoms with Crippen molar-refractivity contribution in [3.05, 3.63) is 134 Å². The Morgan fingerprint density at radius 2 is 1.71 bits per heavy atom. The standard InChI is InChI=1S/C36H30BrNO7/c1-3-4-18-43-36(41)23-10-14-26(15-11-23)38-32(31-33(39)27-20-25(37)13-17-28(27)45-34(31)35(38)40)24-12-16-29(30(19-24)42-2)44-21-22-8-6-5-7-9-22/h5-17,19-20,32H,3-4,18,21H2,1-2H3. The molecular weight excluding hydrogens is 638 g/mol. The van der Waals surface area contributed by atoms with E-state index in [4.69, 9.17) is 18.6 Å². The molecule has 0 N–H and O–H groups in total. The summed E-state index contributed by atoms with van der Waals surface area (Å²) in [7, 11) is 1.54. The number of hydrogen-bond acceptors (Lipinski definition) is 7. The van der Waals surface area contributed by atoms with E-state index < -0.39 is 17.9 Å². The highest BCUT2D eigenvalue weighted by atomic mass is 79.9. The number of anilines is 1. The van der Waals surface area contributed by atoms with Gasteiger partial charge in [0.25, 0.3) is 5.91 Å². The monoisotopic (exact) mass is 667 g/mol. The van der Waals surface area contributed by atoms with Gasteiger partial charge in [-0.2, -0.15) is 0 Å². The first-order chi connectivity index (χ1) is 21.9. The van der Waals surface area contributed by atoms with Gasteiger partial charge in [-0.15, -0.1) is 0 Å². The van der Waals surface area contributed by atoms with Gasteiger partial charge < -0.3 is 18.6 Å². The first-order valence-corrected chi connectivity index (χ1v) is 15.4. The first kappa shape index (κ1) is 30.1. The van der Waals surface area contributed by atoms with Gasteiger partial charge in [0.15, 0.2) is 16.9 Å². The van der Waals surface area contributed by atoms with E-state index in [1.54, 1.807) is 54.6 Å². The predicted octanol–water partition coefficient (Wildman–Crippen LogP) is 7.85. The Hall–Kier alpha value is -4.89. The third-order valence-electron chi connectivity index (χ3n) is 7.68. The van der Waals surface area contributed by atoms with Gasteiger partial charge in [0.05, 0.1) is 36.3 Å². The van der Waals surface area contributed by atoms with E-state index in [-0.39, 0.29) is 16.8 Å². The maximum absolute atomic E-state index is 14.1. The summed E-state index contributed by atoms with van der Waals surface area (Å²) in [6, 6.07) is 25.9. The lowest BCUT2D eigenvalue weighted by Gasteiger charge is -2.26. The van der Waals surface area contributed by atoms with Crippen LogP contribution in [0.25, 0.3) is 11.0 Å². The molecule has 5 aromatic rings. The summed E-state index contributed by atoms with van der Waals surface area (Å²) in [6.07, 6.45) is 1.69. The summed E-state index contributed by atoms with van der Waals surface area (Å²) in [5.74, 6) is 0.0147. The number of esters is 1. The summed E-state index contributed by atoms with van der Waals surface area (Å²) < 4.78 is 23.9. The van der Waals surface area contributed by atoms with Gasteiger partial charge in [-0.25, -0.2) is 4.79 Å². The van der Waals surface area contributed by atoms with Crippen LogP contribution in [0.1, 0.15) is 63.4 Å². The van der Waals surface area contributed by atoms with Crippen LogP contribution in [0.4, 0.5) is 5.69 Å². The second-order valence-corrected chi connectivity index (χ2v) is 11.5. The number of halogens is 1. The molecule has 0 bridgehead atoms. The number of unbranched alkanes of at least 4 members (excludes halogenated alkanes) is 1. The van der Waals surface area contributed by atoms with Gasteiger partial charge in [-0.05, 0) is 72.1 Å². The van der Waals surface area contributed by atoms with Gasteiger partial charge in [-0.3, -0.25) is 14.5 Å². The zero-order chi connectivity index (χ0) is 31.5. The number of hydrogen-bond donors (Lipinski definition) is 0. The van der Waals surface area contributed by atoms with Crippen molar-refractivity contribution in [1.82, 2.24) is 0 Å². The molecule has 0 saturated heterocycles. The van der Waals surface area contributed by atoms with Gasteiger partial charge in [0.1, 0.15) is 12.2 Å². The zero-order valence-corrected chi connectivity index (χ0v) is 26.3. The number of amides is 1. The molecule has 0 saturated carbocycles. The third kappa shape index (κ3) is 5.95. The normalized spacial score (nSPS) is 14.0. The van der Waals surface area contributed by atoms with Crippen molar-refractivity contribution in [3.8, 4) is 11.5 Å². The van der Waals surface area contributed by atoms with Gasteiger partial charge in [-0.1, -0.05) is 65.7 Å². The Morgan fingerprint density at radius 3 is 2.44 bits per heavy atom. The SMILES string of the molecule is CCCCOC(=O)c1ccc(N2C(=O)c3oc4ccc(Br)cc4c(=O)c3C2c2ccc(OCc3ccccc3)c(OC)c2)cc1. The molecule has 2 heterocycles. The Labute approximate surface area is 268 Å². The lowest BCUT2D eigenvalue weighted by atomic mass is 9.97.